The van der Waals surface area contributed by atoms with E-state index in [-0.39, 0.29) is 24.2 Å². The standard InChI is InChI=1S/C18H22N2O.ClH/c19-13-7-8-14-20-18(21)17(15-9-3-1-4-10-15)16-11-5-2-6-12-16;/h1-6,9-12,17H,7-8,13-14,19H2,(H,20,21);1H. The third kappa shape index (κ3) is 5.17. The first-order valence-electron chi connectivity index (χ1n) is 7.40. The number of benzene rings is 2. The zero-order valence-corrected chi connectivity index (χ0v) is 13.4. The number of halogens is 1. The molecule has 118 valence electrons. The van der Waals surface area contributed by atoms with Crippen molar-refractivity contribution in [2.45, 2.75) is 18.8 Å². The number of carbonyl (C=O) groups is 1. The Hall–Kier alpha value is -1.84. The SMILES string of the molecule is Cl.NCCCCNC(=O)C(c1ccccc1)c1ccccc1. The normalized spacial score (nSPS) is 10.1. The van der Waals surface area contributed by atoms with Crippen LogP contribution in [0.3, 0.4) is 0 Å². The van der Waals surface area contributed by atoms with Gasteiger partial charge in [-0.3, -0.25) is 4.79 Å². The summed E-state index contributed by atoms with van der Waals surface area (Å²) in [7, 11) is 0. The Morgan fingerprint density at radius 1 is 0.909 bits per heavy atom. The third-order valence-corrected chi connectivity index (χ3v) is 3.46. The highest BCUT2D eigenvalue weighted by atomic mass is 35.5. The van der Waals surface area contributed by atoms with E-state index in [1.165, 1.54) is 0 Å². The second-order valence-corrected chi connectivity index (χ2v) is 5.04. The monoisotopic (exact) mass is 318 g/mol. The summed E-state index contributed by atoms with van der Waals surface area (Å²) in [5, 5.41) is 3.02. The second-order valence-electron chi connectivity index (χ2n) is 5.04. The Balaban J connectivity index is 0.00000242. The number of unbranched alkanes of at least 4 members (excludes halogenated alkanes) is 1. The van der Waals surface area contributed by atoms with E-state index >= 15 is 0 Å². The molecule has 0 aliphatic heterocycles. The molecule has 0 atom stereocenters. The van der Waals surface area contributed by atoms with Crippen LogP contribution in [0.5, 0.6) is 0 Å². The lowest BCUT2D eigenvalue weighted by atomic mass is 9.90. The molecule has 3 nitrogen and oxygen atoms in total. The fourth-order valence-electron chi connectivity index (χ4n) is 2.37. The number of nitrogens with two attached hydrogens (primary N) is 1. The molecule has 2 aromatic carbocycles. The molecule has 1 amide bonds. The first-order valence-corrected chi connectivity index (χ1v) is 7.40. The van der Waals surface area contributed by atoms with E-state index in [2.05, 4.69) is 5.32 Å². The van der Waals surface area contributed by atoms with Crippen LogP contribution in [-0.2, 0) is 4.79 Å². The van der Waals surface area contributed by atoms with E-state index in [0.717, 1.165) is 24.0 Å². The van der Waals surface area contributed by atoms with Gasteiger partial charge in [-0.05, 0) is 30.5 Å². The molecular formula is C18H23ClN2O. The molecule has 0 saturated carbocycles. The summed E-state index contributed by atoms with van der Waals surface area (Å²) in [5.74, 6) is -0.213. The Morgan fingerprint density at radius 3 is 1.86 bits per heavy atom. The van der Waals surface area contributed by atoms with Gasteiger partial charge in [0.1, 0.15) is 0 Å². The van der Waals surface area contributed by atoms with Crippen molar-refractivity contribution in [3.63, 3.8) is 0 Å². The number of nitrogens with one attached hydrogen (secondary N) is 1. The molecule has 0 radical (unpaired) electrons. The zero-order valence-electron chi connectivity index (χ0n) is 12.6. The maximum Gasteiger partial charge on any atom is 0.232 e. The van der Waals surface area contributed by atoms with Crippen molar-refractivity contribution in [3.05, 3.63) is 71.8 Å². The molecule has 0 bridgehead atoms. The molecule has 0 spiro atoms. The zero-order chi connectivity index (χ0) is 14.9. The van der Waals surface area contributed by atoms with Crippen LogP contribution >= 0.6 is 12.4 Å². The number of carbonyl (C=O) groups excluding carboxylic acids is 1. The molecule has 2 aromatic rings. The van der Waals surface area contributed by atoms with Crippen molar-refractivity contribution in [3.8, 4) is 0 Å². The Kier molecular flexibility index (Phi) is 8.26. The van der Waals surface area contributed by atoms with E-state index in [1.54, 1.807) is 0 Å². The molecular weight excluding hydrogens is 296 g/mol. The van der Waals surface area contributed by atoms with Crippen LogP contribution in [0.1, 0.15) is 29.9 Å². The third-order valence-electron chi connectivity index (χ3n) is 3.46. The maximum absolute atomic E-state index is 12.6. The van der Waals surface area contributed by atoms with Gasteiger partial charge in [-0.15, -0.1) is 12.4 Å². The van der Waals surface area contributed by atoms with Crippen molar-refractivity contribution in [1.29, 1.82) is 0 Å². The molecule has 3 N–H and O–H groups in total. The highest BCUT2D eigenvalue weighted by Crippen LogP contribution is 2.24. The Labute approximate surface area is 138 Å². The highest BCUT2D eigenvalue weighted by Gasteiger charge is 2.21. The predicted molar refractivity (Wildman–Crippen MR) is 93.3 cm³/mol. The fourth-order valence-corrected chi connectivity index (χ4v) is 2.37. The minimum absolute atomic E-state index is 0. The minimum Gasteiger partial charge on any atom is -0.355 e. The molecule has 22 heavy (non-hydrogen) atoms. The van der Waals surface area contributed by atoms with Gasteiger partial charge in [0.15, 0.2) is 0 Å². The van der Waals surface area contributed by atoms with Gasteiger partial charge in [0.05, 0.1) is 5.92 Å². The fraction of sp³-hybridized carbons (Fsp3) is 0.278. The summed E-state index contributed by atoms with van der Waals surface area (Å²) in [5.41, 5.74) is 7.50. The Bertz CT molecular complexity index is 506. The van der Waals surface area contributed by atoms with Gasteiger partial charge in [-0.1, -0.05) is 60.7 Å². The topological polar surface area (TPSA) is 55.1 Å². The lowest BCUT2D eigenvalue weighted by molar-refractivity contribution is -0.121. The predicted octanol–water partition coefficient (Wildman–Crippen LogP) is 3.10. The van der Waals surface area contributed by atoms with E-state index in [0.29, 0.717) is 13.1 Å². The van der Waals surface area contributed by atoms with Crippen LogP contribution in [0.4, 0.5) is 0 Å². The van der Waals surface area contributed by atoms with E-state index in [4.69, 9.17) is 5.73 Å². The van der Waals surface area contributed by atoms with Gasteiger partial charge >= 0.3 is 0 Å². The van der Waals surface area contributed by atoms with Gasteiger partial charge in [0, 0.05) is 6.54 Å². The van der Waals surface area contributed by atoms with Crippen LogP contribution in [0.25, 0.3) is 0 Å². The van der Waals surface area contributed by atoms with Gasteiger partial charge in [-0.25, -0.2) is 0 Å². The van der Waals surface area contributed by atoms with Gasteiger partial charge in [-0.2, -0.15) is 0 Å². The van der Waals surface area contributed by atoms with Gasteiger partial charge < -0.3 is 11.1 Å². The quantitative estimate of drug-likeness (QED) is 0.771. The molecule has 0 saturated heterocycles. The van der Waals surface area contributed by atoms with Gasteiger partial charge in [0.25, 0.3) is 0 Å². The lowest BCUT2D eigenvalue weighted by Gasteiger charge is -2.17. The smallest absolute Gasteiger partial charge is 0.232 e. The average Bonchev–Trinajstić information content (AvgIpc) is 2.54. The van der Waals surface area contributed by atoms with Crippen LogP contribution in [0.2, 0.25) is 0 Å². The van der Waals surface area contributed by atoms with E-state index in [9.17, 15) is 4.79 Å². The molecule has 0 aromatic heterocycles. The number of amides is 1. The molecule has 2 rings (SSSR count). The van der Waals surface area contributed by atoms with Crippen LogP contribution < -0.4 is 11.1 Å². The van der Waals surface area contributed by atoms with Gasteiger partial charge in [0.2, 0.25) is 5.91 Å². The van der Waals surface area contributed by atoms with E-state index in [1.807, 2.05) is 60.7 Å². The number of hydrogen-bond acceptors (Lipinski definition) is 2. The molecule has 4 heteroatoms. The summed E-state index contributed by atoms with van der Waals surface area (Å²) >= 11 is 0. The molecule has 0 unspecified atom stereocenters. The maximum atomic E-state index is 12.6. The van der Waals surface area contributed by atoms with Crippen molar-refractivity contribution < 1.29 is 4.79 Å². The first kappa shape index (κ1) is 18.2. The van der Waals surface area contributed by atoms with Crippen LogP contribution in [-0.4, -0.2) is 19.0 Å². The summed E-state index contributed by atoms with van der Waals surface area (Å²) < 4.78 is 0. The van der Waals surface area contributed by atoms with Crippen molar-refractivity contribution >= 4 is 18.3 Å². The molecule has 0 aliphatic rings. The summed E-state index contributed by atoms with van der Waals surface area (Å²) in [6.45, 7) is 1.34. The molecule has 0 aliphatic carbocycles. The number of rotatable bonds is 7. The minimum atomic E-state index is -0.259. The van der Waals surface area contributed by atoms with Crippen LogP contribution in [0.15, 0.2) is 60.7 Å². The van der Waals surface area contributed by atoms with E-state index < -0.39 is 0 Å². The largest absolute Gasteiger partial charge is 0.355 e. The number of hydrogen-bond donors (Lipinski definition) is 2. The Morgan fingerprint density at radius 2 is 1.41 bits per heavy atom. The van der Waals surface area contributed by atoms with Crippen LogP contribution in [0, 0.1) is 0 Å². The lowest BCUT2D eigenvalue weighted by Crippen LogP contribution is -2.31. The summed E-state index contributed by atoms with van der Waals surface area (Å²) in [4.78, 5) is 12.6. The summed E-state index contributed by atoms with van der Waals surface area (Å²) in [6, 6.07) is 19.8. The average molecular weight is 319 g/mol. The highest BCUT2D eigenvalue weighted by molar-refractivity contribution is 5.87. The molecule has 0 heterocycles. The van der Waals surface area contributed by atoms with Crippen molar-refractivity contribution in [1.82, 2.24) is 5.32 Å². The second kappa shape index (κ2) is 9.98. The first-order chi connectivity index (χ1) is 10.3. The van der Waals surface area contributed by atoms with Crippen molar-refractivity contribution in [2.75, 3.05) is 13.1 Å². The molecule has 0 fully saturated rings. The summed E-state index contributed by atoms with van der Waals surface area (Å²) in [6.07, 6.45) is 1.85. The van der Waals surface area contributed by atoms with Crippen molar-refractivity contribution in [2.24, 2.45) is 5.73 Å².